The fraction of sp³-hybridized carbons (Fsp3) is 0.200. The predicted octanol–water partition coefficient (Wildman–Crippen LogP) is 4.22. The van der Waals surface area contributed by atoms with Crippen LogP contribution in [0, 0.1) is 3.57 Å². The van der Waals surface area contributed by atoms with Crippen LogP contribution in [0.2, 0.25) is 5.02 Å². The Bertz CT molecular complexity index is 1040. The van der Waals surface area contributed by atoms with Crippen molar-refractivity contribution in [2.75, 3.05) is 11.1 Å². The van der Waals surface area contributed by atoms with E-state index in [1.54, 1.807) is 24.3 Å². The van der Waals surface area contributed by atoms with Gasteiger partial charge in [0.15, 0.2) is 11.0 Å². The molecule has 0 atom stereocenters. The molecule has 0 saturated heterocycles. The van der Waals surface area contributed by atoms with Gasteiger partial charge >= 0.3 is 0 Å². The third-order valence-corrected chi connectivity index (χ3v) is 6.11. The average molecular weight is 556 g/mol. The van der Waals surface area contributed by atoms with Gasteiger partial charge in [-0.05, 0) is 65.9 Å². The molecular weight excluding hydrogens is 537 g/mol. The zero-order valence-electron chi connectivity index (χ0n) is 16.1. The van der Waals surface area contributed by atoms with Crippen LogP contribution in [-0.2, 0) is 17.9 Å². The van der Waals surface area contributed by atoms with E-state index in [1.807, 2.05) is 35.8 Å². The number of hydrogen-bond acceptors (Lipinski definition) is 5. The molecule has 0 saturated carbocycles. The van der Waals surface area contributed by atoms with Crippen LogP contribution < -0.4 is 10.6 Å². The molecule has 0 unspecified atom stereocenters. The van der Waals surface area contributed by atoms with Crippen molar-refractivity contribution >= 4 is 63.5 Å². The first-order valence-corrected chi connectivity index (χ1v) is 11.5. The van der Waals surface area contributed by atoms with E-state index in [9.17, 15) is 9.59 Å². The van der Waals surface area contributed by atoms with Gasteiger partial charge in [-0.3, -0.25) is 9.59 Å². The number of carbonyl (C=O) groups is 2. The lowest BCUT2D eigenvalue weighted by Gasteiger charge is -2.09. The SMILES string of the molecule is CCn1c(CNC(=O)c2ccccc2Cl)nnc1SCC(=O)Nc1ccc(I)cc1. The number of rotatable bonds is 8. The van der Waals surface area contributed by atoms with Crippen molar-refractivity contribution in [2.24, 2.45) is 0 Å². The van der Waals surface area contributed by atoms with Crippen molar-refractivity contribution in [1.29, 1.82) is 0 Å². The molecule has 2 amide bonds. The molecule has 30 heavy (non-hydrogen) atoms. The number of amides is 2. The molecule has 0 fully saturated rings. The average Bonchev–Trinajstić information content (AvgIpc) is 3.14. The maximum Gasteiger partial charge on any atom is 0.253 e. The summed E-state index contributed by atoms with van der Waals surface area (Å²) in [7, 11) is 0. The van der Waals surface area contributed by atoms with Crippen molar-refractivity contribution < 1.29 is 9.59 Å². The molecule has 0 bridgehead atoms. The van der Waals surface area contributed by atoms with Crippen molar-refractivity contribution in [3.8, 4) is 0 Å². The third-order valence-electron chi connectivity index (χ3n) is 4.10. The van der Waals surface area contributed by atoms with Crippen LogP contribution in [0.15, 0.2) is 53.7 Å². The smallest absolute Gasteiger partial charge is 0.253 e. The molecule has 1 aromatic heterocycles. The molecular formula is C20H19ClIN5O2S. The molecule has 10 heteroatoms. The molecule has 3 aromatic rings. The Morgan fingerprint density at radius 2 is 1.87 bits per heavy atom. The second-order valence-electron chi connectivity index (χ2n) is 6.15. The van der Waals surface area contributed by atoms with Crippen LogP contribution in [-0.4, -0.2) is 32.3 Å². The number of carbonyl (C=O) groups excluding carboxylic acids is 2. The standard InChI is InChI=1S/C20H19ClIN5O2S/c1-2-27-17(11-23-19(29)15-5-3-4-6-16(15)21)25-26-20(27)30-12-18(28)24-14-9-7-13(22)8-10-14/h3-10H,2,11-12H2,1H3,(H,23,29)(H,24,28). The largest absolute Gasteiger partial charge is 0.345 e. The van der Waals surface area contributed by atoms with Crippen LogP contribution in [0.5, 0.6) is 0 Å². The summed E-state index contributed by atoms with van der Waals surface area (Å²) in [5, 5.41) is 15.0. The number of benzene rings is 2. The third kappa shape index (κ3) is 5.96. The summed E-state index contributed by atoms with van der Waals surface area (Å²) in [6.45, 7) is 2.78. The Balaban J connectivity index is 1.57. The summed E-state index contributed by atoms with van der Waals surface area (Å²) >= 11 is 9.58. The Morgan fingerprint density at radius 3 is 2.57 bits per heavy atom. The molecule has 0 aliphatic heterocycles. The molecule has 0 spiro atoms. The zero-order valence-corrected chi connectivity index (χ0v) is 19.8. The van der Waals surface area contributed by atoms with Gasteiger partial charge in [-0.2, -0.15) is 0 Å². The first kappa shape index (κ1) is 22.6. The Labute approximate surface area is 197 Å². The molecule has 0 aliphatic carbocycles. The summed E-state index contributed by atoms with van der Waals surface area (Å²) in [6, 6.07) is 14.4. The van der Waals surface area contributed by atoms with Gasteiger partial charge in [-0.1, -0.05) is 35.5 Å². The van der Waals surface area contributed by atoms with Crippen LogP contribution in [0.3, 0.4) is 0 Å². The number of aromatic nitrogens is 3. The minimum atomic E-state index is -0.280. The van der Waals surface area contributed by atoms with E-state index in [1.165, 1.54) is 11.8 Å². The van der Waals surface area contributed by atoms with Gasteiger partial charge in [0.25, 0.3) is 5.91 Å². The fourth-order valence-corrected chi connectivity index (χ4v) is 4.04. The second kappa shape index (κ2) is 10.8. The topological polar surface area (TPSA) is 88.9 Å². The maximum atomic E-state index is 12.3. The van der Waals surface area contributed by atoms with E-state index in [2.05, 4.69) is 43.4 Å². The van der Waals surface area contributed by atoms with Crippen LogP contribution in [0.4, 0.5) is 5.69 Å². The lowest BCUT2D eigenvalue weighted by atomic mass is 10.2. The van der Waals surface area contributed by atoms with E-state index in [-0.39, 0.29) is 24.1 Å². The van der Waals surface area contributed by atoms with Crippen molar-refractivity contribution in [3.05, 3.63) is 68.5 Å². The lowest BCUT2D eigenvalue weighted by Crippen LogP contribution is -2.25. The monoisotopic (exact) mass is 555 g/mol. The Kier molecular flexibility index (Phi) is 8.11. The van der Waals surface area contributed by atoms with Crippen molar-refractivity contribution in [3.63, 3.8) is 0 Å². The molecule has 3 rings (SSSR count). The van der Waals surface area contributed by atoms with E-state index in [4.69, 9.17) is 11.6 Å². The number of hydrogen-bond donors (Lipinski definition) is 2. The summed E-state index contributed by atoms with van der Waals surface area (Å²) in [4.78, 5) is 24.6. The normalized spacial score (nSPS) is 10.6. The summed E-state index contributed by atoms with van der Waals surface area (Å²) in [5.41, 5.74) is 1.16. The van der Waals surface area contributed by atoms with Crippen LogP contribution in [0.25, 0.3) is 0 Å². The van der Waals surface area contributed by atoms with Crippen molar-refractivity contribution in [1.82, 2.24) is 20.1 Å². The van der Waals surface area contributed by atoms with E-state index >= 15 is 0 Å². The molecule has 1 heterocycles. The van der Waals surface area contributed by atoms with Gasteiger partial charge in [0.1, 0.15) is 0 Å². The van der Waals surface area contributed by atoms with Gasteiger partial charge in [0, 0.05) is 15.8 Å². The molecule has 2 aromatic carbocycles. The molecule has 156 valence electrons. The van der Waals surface area contributed by atoms with E-state index in [0.29, 0.717) is 28.1 Å². The quantitative estimate of drug-likeness (QED) is 0.321. The van der Waals surface area contributed by atoms with Crippen molar-refractivity contribution in [2.45, 2.75) is 25.2 Å². The highest BCUT2D eigenvalue weighted by Crippen LogP contribution is 2.19. The first-order chi connectivity index (χ1) is 14.5. The summed E-state index contributed by atoms with van der Waals surface area (Å²) in [5.74, 6) is 0.409. The Hall–Kier alpha value is -2.11. The number of halogens is 2. The number of nitrogens with zero attached hydrogens (tertiary/aromatic N) is 3. The molecule has 2 N–H and O–H groups in total. The van der Waals surface area contributed by atoms with E-state index < -0.39 is 0 Å². The molecule has 0 radical (unpaired) electrons. The highest BCUT2D eigenvalue weighted by atomic mass is 127. The molecule has 0 aliphatic rings. The van der Waals surface area contributed by atoms with Crippen LogP contribution in [0.1, 0.15) is 23.1 Å². The van der Waals surface area contributed by atoms with Crippen LogP contribution >= 0.6 is 46.0 Å². The second-order valence-corrected chi connectivity index (χ2v) is 8.74. The number of anilines is 1. The van der Waals surface area contributed by atoms with E-state index in [0.717, 1.165) is 9.26 Å². The zero-order chi connectivity index (χ0) is 21.5. The van der Waals surface area contributed by atoms with Gasteiger partial charge in [-0.25, -0.2) is 0 Å². The minimum Gasteiger partial charge on any atom is -0.345 e. The highest BCUT2D eigenvalue weighted by molar-refractivity contribution is 14.1. The van der Waals surface area contributed by atoms with Gasteiger partial charge < -0.3 is 15.2 Å². The number of thioether (sulfide) groups is 1. The fourth-order valence-electron chi connectivity index (χ4n) is 2.63. The predicted molar refractivity (Wildman–Crippen MR) is 127 cm³/mol. The summed E-state index contributed by atoms with van der Waals surface area (Å²) < 4.78 is 2.97. The summed E-state index contributed by atoms with van der Waals surface area (Å²) in [6.07, 6.45) is 0. The van der Waals surface area contributed by atoms with Gasteiger partial charge in [0.2, 0.25) is 5.91 Å². The molecule has 7 nitrogen and oxygen atoms in total. The van der Waals surface area contributed by atoms with Gasteiger partial charge in [-0.15, -0.1) is 10.2 Å². The number of nitrogens with one attached hydrogen (secondary N) is 2. The lowest BCUT2D eigenvalue weighted by molar-refractivity contribution is -0.113. The Morgan fingerprint density at radius 1 is 1.13 bits per heavy atom. The van der Waals surface area contributed by atoms with Gasteiger partial charge in [0.05, 0.1) is 22.9 Å². The highest BCUT2D eigenvalue weighted by Gasteiger charge is 2.15. The minimum absolute atomic E-state index is 0.125. The first-order valence-electron chi connectivity index (χ1n) is 9.11. The maximum absolute atomic E-state index is 12.3.